The van der Waals surface area contributed by atoms with Gasteiger partial charge in [-0.3, -0.25) is 14.4 Å². The first-order chi connectivity index (χ1) is 20.7. The van der Waals surface area contributed by atoms with Gasteiger partial charge in [0.1, 0.15) is 11.6 Å². The summed E-state index contributed by atoms with van der Waals surface area (Å²) in [4.78, 5) is 40.3. The summed E-state index contributed by atoms with van der Waals surface area (Å²) < 4.78 is 59.3. The molecule has 44 heavy (non-hydrogen) atoms. The molecule has 0 saturated heterocycles. The molecule has 0 radical (unpaired) electrons. The number of hydrogen-bond donors (Lipinski definition) is 3. The Bertz CT molecular complexity index is 1490. The number of rotatable bonds is 8. The number of hydrogen-bond acceptors (Lipinski definition) is 4. The van der Waals surface area contributed by atoms with Crippen LogP contribution in [0.1, 0.15) is 72.7 Å². The lowest BCUT2D eigenvalue weighted by Crippen LogP contribution is -2.48. The molecule has 3 N–H and O–H groups in total. The van der Waals surface area contributed by atoms with E-state index in [1.807, 2.05) is 20.8 Å². The Balaban J connectivity index is 1.41. The summed E-state index contributed by atoms with van der Waals surface area (Å²) in [7, 11) is 1.41. The van der Waals surface area contributed by atoms with Crippen LogP contribution < -0.4 is 20.7 Å². The zero-order chi connectivity index (χ0) is 32.0. The molecule has 2 aromatic rings. The minimum Gasteiger partial charge on any atom is -0.496 e. The summed E-state index contributed by atoms with van der Waals surface area (Å²) >= 11 is 0. The summed E-state index contributed by atoms with van der Waals surface area (Å²) in [6.07, 6.45) is 0.818. The molecule has 3 amide bonds. The van der Waals surface area contributed by atoms with Crippen molar-refractivity contribution < 1.29 is 36.7 Å². The minimum atomic E-state index is -4.93. The Labute approximate surface area is 253 Å². The Hall–Kier alpha value is -3.89. The average Bonchev–Trinajstić information content (AvgIpc) is 3.63. The average molecular weight is 616 g/mol. The SMILES string of the molecule is COc1ccc(C(=O)NCC(C)(C)C)cc1C(=O)N[C@H]1[C@@H](C(=O)Nc2ccc(F)c(C(F)(F)F)c2)[C@H]2CC[C@@H]1/C2=C\C1CC1. The first kappa shape index (κ1) is 31.5. The van der Waals surface area contributed by atoms with E-state index in [1.54, 1.807) is 6.07 Å². The van der Waals surface area contributed by atoms with E-state index >= 15 is 0 Å². The number of benzene rings is 2. The van der Waals surface area contributed by atoms with Crippen LogP contribution in [0.25, 0.3) is 0 Å². The van der Waals surface area contributed by atoms with E-state index in [0.29, 0.717) is 31.0 Å². The van der Waals surface area contributed by atoms with E-state index in [1.165, 1.54) is 19.2 Å². The monoisotopic (exact) mass is 615 g/mol. The zero-order valence-electron chi connectivity index (χ0n) is 25.1. The van der Waals surface area contributed by atoms with Crippen LogP contribution in [0.3, 0.4) is 0 Å². The minimum absolute atomic E-state index is 0.122. The van der Waals surface area contributed by atoms with E-state index in [0.717, 1.165) is 30.9 Å². The summed E-state index contributed by atoms with van der Waals surface area (Å²) in [5, 5.41) is 8.43. The van der Waals surface area contributed by atoms with Crippen LogP contribution >= 0.6 is 0 Å². The quantitative estimate of drug-likeness (QED) is 0.238. The van der Waals surface area contributed by atoms with Crippen molar-refractivity contribution in [1.29, 1.82) is 0 Å². The van der Waals surface area contributed by atoms with Crippen LogP contribution in [0.5, 0.6) is 5.75 Å². The van der Waals surface area contributed by atoms with Gasteiger partial charge in [-0.2, -0.15) is 13.2 Å². The maximum Gasteiger partial charge on any atom is 0.419 e. The maximum absolute atomic E-state index is 13.9. The first-order valence-electron chi connectivity index (χ1n) is 14.8. The van der Waals surface area contributed by atoms with Crippen molar-refractivity contribution in [2.24, 2.45) is 29.1 Å². The van der Waals surface area contributed by atoms with Gasteiger partial charge in [0.15, 0.2) is 0 Å². The summed E-state index contributed by atoms with van der Waals surface area (Å²) in [6, 6.07) is 6.26. The molecule has 0 unspecified atom stereocenters. The summed E-state index contributed by atoms with van der Waals surface area (Å²) in [6.45, 7) is 6.38. The second-order valence-corrected chi connectivity index (χ2v) is 13.2. The van der Waals surface area contributed by atoms with Crippen molar-refractivity contribution in [3.8, 4) is 5.75 Å². The Morgan fingerprint density at radius 2 is 1.66 bits per heavy atom. The Kier molecular flexibility index (Phi) is 8.52. The van der Waals surface area contributed by atoms with Gasteiger partial charge in [0.25, 0.3) is 11.8 Å². The highest BCUT2D eigenvalue weighted by molar-refractivity contribution is 6.02. The van der Waals surface area contributed by atoms with Crippen molar-refractivity contribution in [2.75, 3.05) is 19.0 Å². The predicted octanol–water partition coefficient (Wildman–Crippen LogP) is 6.36. The molecule has 3 fully saturated rings. The van der Waals surface area contributed by atoms with E-state index < -0.39 is 41.3 Å². The van der Waals surface area contributed by atoms with Gasteiger partial charge in [-0.1, -0.05) is 32.4 Å². The molecular formula is C33H37F4N3O4. The topological polar surface area (TPSA) is 96.5 Å². The van der Waals surface area contributed by atoms with Crippen LogP contribution in [0.15, 0.2) is 48.0 Å². The standard InChI is InChI=1S/C33H37F4N3O4/c1-32(2,3)16-38-29(41)18-7-12-26(44-4)23(14-18)30(42)40-28-21-10-9-20(22(21)13-17-5-6-17)27(28)31(43)39-19-8-11-25(34)24(15-19)33(35,36)37/h7-8,11-15,17,20-21,27-28H,5-6,9-10,16H2,1-4H3,(H,38,41)(H,39,43)(H,40,42)/b22-13-/t20-,21+,27-,28+/m0/s1. The van der Waals surface area contributed by atoms with Crippen molar-refractivity contribution in [1.82, 2.24) is 10.6 Å². The van der Waals surface area contributed by atoms with Gasteiger partial charge in [0.2, 0.25) is 5.91 Å². The second kappa shape index (κ2) is 11.9. The highest BCUT2D eigenvalue weighted by Gasteiger charge is 2.55. The number of methoxy groups -OCH3 is 1. The fraction of sp³-hybridized carbons (Fsp3) is 0.485. The highest BCUT2D eigenvalue weighted by Crippen LogP contribution is 2.54. The van der Waals surface area contributed by atoms with E-state index in [-0.39, 0.29) is 45.7 Å². The number of alkyl halides is 3. The number of halogens is 4. The third kappa shape index (κ3) is 6.76. The van der Waals surface area contributed by atoms with Gasteiger partial charge in [-0.15, -0.1) is 0 Å². The maximum atomic E-state index is 13.9. The molecule has 3 aliphatic carbocycles. The lowest BCUT2D eigenvalue weighted by Gasteiger charge is -2.30. The molecule has 0 aliphatic heterocycles. The fourth-order valence-electron chi connectivity index (χ4n) is 6.31. The number of ether oxygens (including phenoxy) is 1. The van der Waals surface area contributed by atoms with E-state index in [2.05, 4.69) is 22.0 Å². The summed E-state index contributed by atoms with van der Waals surface area (Å²) in [5.41, 5.74) is -0.309. The number of amides is 3. The molecule has 5 rings (SSSR count). The molecule has 11 heteroatoms. The van der Waals surface area contributed by atoms with Gasteiger partial charge in [0.05, 0.1) is 24.2 Å². The lowest BCUT2D eigenvalue weighted by molar-refractivity contribution is -0.140. The zero-order valence-corrected chi connectivity index (χ0v) is 25.1. The van der Waals surface area contributed by atoms with E-state index in [9.17, 15) is 31.9 Å². The second-order valence-electron chi connectivity index (χ2n) is 13.2. The molecule has 0 spiro atoms. The van der Waals surface area contributed by atoms with Gasteiger partial charge in [-0.05, 0) is 79.3 Å². The molecule has 236 valence electrons. The van der Waals surface area contributed by atoms with Crippen molar-refractivity contribution in [3.05, 3.63) is 70.6 Å². The smallest absolute Gasteiger partial charge is 0.419 e. The van der Waals surface area contributed by atoms with Gasteiger partial charge >= 0.3 is 6.18 Å². The van der Waals surface area contributed by atoms with Crippen LogP contribution in [0.4, 0.5) is 23.2 Å². The summed E-state index contributed by atoms with van der Waals surface area (Å²) in [5.74, 6) is -3.26. The molecule has 2 bridgehead atoms. The first-order valence-corrected chi connectivity index (χ1v) is 14.8. The molecule has 3 saturated carbocycles. The molecule has 7 nitrogen and oxygen atoms in total. The fourth-order valence-corrected chi connectivity index (χ4v) is 6.31. The van der Waals surface area contributed by atoms with E-state index in [4.69, 9.17) is 4.74 Å². The van der Waals surface area contributed by atoms with Crippen LogP contribution in [-0.2, 0) is 11.0 Å². The number of nitrogens with one attached hydrogen (secondary N) is 3. The van der Waals surface area contributed by atoms with Crippen LogP contribution in [0, 0.1) is 34.9 Å². The number of fused-ring (bicyclic) bond motifs is 2. The molecule has 0 aromatic heterocycles. The van der Waals surface area contributed by atoms with Crippen molar-refractivity contribution in [3.63, 3.8) is 0 Å². The van der Waals surface area contributed by atoms with Gasteiger partial charge < -0.3 is 20.7 Å². The van der Waals surface area contributed by atoms with Crippen molar-refractivity contribution >= 4 is 23.4 Å². The normalized spacial score (nSPS) is 23.9. The van der Waals surface area contributed by atoms with Gasteiger partial charge in [0, 0.05) is 29.8 Å². The van der Waals surface area contributed by atoms with Gasteiger partial charge in [-0.25, -0.2) is 4.39 Å². The Morgan fingerprint density at radius 1 is 0.955 bits per heavy atom. The molecule has 3 aliphatic rings. The molecular weight excluding hydrogens is 578 g/mol. The number of anilines is 1. The largest absolute Gasteiger partial charge is 0.496 e. The van der Waals surface area contributed by atoms with Crippen LogP contribution in [-0.4, -0.2) is 37.4 Å². The third-order valence-corrected chi connectivity index (χ3v) is 8.57. The van der Waals surface area contributed by atoms with Crippen molar-refractivity contribution in [2.45, 2.75) is 58.7 Å². The lowest BCUT2D eigenvalue weighted by atomic mass is 9.83. The molecule has 0 heterocycles. The highest BCUT2D eigenvalue weighted by atomic mass is 19.4. The third-order valence-electron chi connectivity index (χ3n) is 8.57. The predicted molar refractivity (Wildman–Crippen MR) is 157 cm³/mol. The number of allylic oxidation sites excluding steroid dienone is 1. The Morgan fingerprint density at radius 3 is 2.30 bits per heavy atom. The molecule has 2 aromatic carbocycles. The number of carbonyl (C=O) groups is 3. The molecule has 4 atom stereocenters. The number of carbonyl (C=O) groups excluding carboxylic acids is 3. The van der Waals surface area contributed by atoms with Crippen LogP contribution in [0.2, 0.25) is 0 Å².